The molecule has 1 aliphatic rings. The van der Waals surface area contributed by atoms with Crippen molar-refractivity contribution in [2.45, 2.75) is 25.7 Å². The molecule has 2 nitrogen and oxygen atoms in total. The molecule has 1 saturated heterocycles. The summed E-state index contributed by atoms with van der Waals surface area (Å²) in [6, 6.07) is 7.57. The quantitative estimate of drug-likeness (QED) is 0.822. The number of terminal acetylenes is 1. The lowest BCUT2D eigenvalue weighted by atomic mass is 9.90. The fourth-order valence-corrected chi connectivity index (χ4v) is 2.60. The molecule has 1 aliphatic heterocycles. The number of hydrogen-bond acceptors (Lipinski definition) is 2. The van der Waals surface area contributed by atoms with E-state index < -0.39 is 0 Å². The Morgan fingerprint density at radius 2 is 1.89 bits per heavy atom. The van der Waals surface area contributed by atoms with Crippen molar-refractivity contribution < 1.29 is 5.11 Å². The molecule has 0 aliphatic carbocycles. The highest BCUT2D eigenvalue weighted by atomic mass is 16.3. The zero-order valence-electron chi connectivity index (χ0n) is 10.8. The van der Waals surface area contributed by atoms with Crippen LogP contribution in [0.2, 0.25) is 0 Å². The normalized spacial score (nSPS) is 17.5. The van der Waals surface area contributed by atoms with Crippen molar-refractivity contribution in [2.24, 2.45) is 5.92 Å². The van der Waals surface area contributed by atoms with Gasteiger partial charge in [0.05, 0.1) is 6.54 Å². The fraction of sp³-hybridized carbons (Fsp3) is 0.500. The first-order chi connectivity index (χ1) is 8.78. The minimum atomic E-state index is 0.348. The number of phenolic OH excluding ortho intramolecular Hbond substituents is 1. The van der Waals surface area contributed by atoms with Crippen molar-refractivity contribution in [3.05, 3.63) is 29.8 Å². The van der Waals surface area contributed by atoms with Crippen LogP contribution in [-0.2, 0) is 6.42 Å². The van der Waals surface area contributed by atoms with Crippen LogP contribution in [0.4, 0.5) is 0 Å². The number of phenols is 1. The second kappa shape index (κ2) is 6.47. The third-order valence-electron chi connectivity index (χ3n) is 3.80. The monoisotopic (exact) mass is 243 g/mol. The molecule has 0 spiro atoms. The summed E-state index contributed by atoms with van der Waals surface area (Å²) >= 11 is 0. The van der Waals surface area contributed by atoms with E-state index in [1.807, 2.05) is 12.1 Å². The number of benzene rings is 1. The third-order valence-corrected chi connectivity index (χ3v) is 3.80. The molecule has 0 unspecified atom stereocenters. The summed E-state index contributed by atoms with van der Waals surface area (Å²) in [5.41, 5.74) is 1.32. The predicted octanol–water partition coefficient (Wildman–Crippen LogP) is 2.67. The molecule has 0 radical (unpaired) electrons. The van der Waals surface area contributed by atoms with Crippen LogP contribution in [0.15, 0.2) is 24.3 Å². The smallest absolute Gasteiger partial charge is 0.115 e. The van der Waals surface area contributed by atoms with Crippen LogP contribution < -0.4 is 0 Å². The van der Waals surface area contributed by atoms with Crippen molar-refractivity contribution in [1.29, 1.82) is 0 Å². The number of likely N-dealkylation sites (tertiary alicyclic amines) is 1. The van der Waals surface area contributed by atoms with Gasteiger partial charge < -0.3 is 5.11 Å². The number of aryl methyl sites for hydroxylation is 1. The van der Waals surface area contributed by atoms with Gasteiger partial charge >= 0.3 is 0 Å². The third kappa shape index (κ3) is 3.78. The van der Waals surface area contributed by atoms with E-state index in [1.54, 1.807) is 12.1 Å². The van der Waals surface area contributed by atoms with E-state index in [2.05, 4.69) is 10.8 Å². The summed E-state index contributed by atoms with van der Waals surface area (Å²) in [6.45, 7) is 3.08. The summed E-state index contributed by atoms with van der Waals surface area (Å²) in [4.78, 5) is 2.36. The summed E-state index contributed by atoms with van der Waals surface area (Å²) in [5.74, 6) is 3.89. The Kier molecular flexibility index (Phi) is 4.66. The van der Waals surface area contributed by atoms with Gasteiger partial charge in [0.25, 0.3) is 0 Å². The van der Waals surface area contributed by atoms with Crippen LogP contribution in [0.5, 0.6) is 5.75 Å². The molecule has 1 aromatic rings. The molecule has 0 saturated carbocycles. The molecule has 1 heterocycles. The molecule has 1 N–H and O–H groups in total. The van der Waals surface area contributed by atoms with Gasteiger partial charge in [-0.2, -0.15) is 0 Å². The van der Waals surface area contributed by atoms with Crippen molar-refractivity contribution in [2.75, 3.05) is 19.6 Å². The maximum Gasteiger partial charge on any atom is 0.115 e. The fourth-order valence-electron chi connectivity index (χ4n) is 2.60. The Bertz CT molecular complexity index is 396. The number of nitrogens with zero attached hydrogens (tertiary/aromatic N) is 1. The van der Waals surface area contributed by atoms with Gasteiger partial charge in [0.2, 0.25) is 0 Å². The Morgan fingerprint density at radius 3 is 2.50 bits per heavy atom. The molecule has 0 aromatic heterocycles. The van der Waals surface area contributed by atoms with Gasteiger partial charge in [-0.05, 0) is 62.4 Å². The first-order valence-corrected chi connectivity index (χ1v) is 6.71. The molecule has 18 heavy (non-hydrogen) atoms. The zero-order valence-corrected chi connectivity index (χ0v) is 10.8. The van der Waals surface area contributed by atoms with Gasteiger partial charge in [-0.25, -0.2) is 0 Å². The summed E-state index contributed by atoms with van der Waals surface area (Å²) in [6.07, 6.45) is 10.2. The van der Waals surface area contributed by atoms with E-state index in [-0.39, 0.29) is 0 Å². The Hall–Kier alpha value is -1.46. The average Bonchev–Trinajstić information content (AvgIpc) is 2.40. The van der Waals surface area contributed by atoms with E-state index in [9.17, 15) is 5.11 Å². The van der Waals surface area contributed by atoms with Crippen molar-refractivity contribution in [1.82, 2.24) is 4.90 Å². The first-order valence-electron chi connectivity index (χ1n) is 6.71. The van der Waals surface area contributed by atoms with Gasteiger partial charge in [-0.1, -0.05) is 18.1 Å². The molecule has 2 rings (SSSR count). The standard InChI is InChI=1S/C16H21NO/c1-2-11-17-12-9-15(10-13-17)4-3-14-5-7-16(18)8-6-14/h1,5-8,15,18H,3-4,9-13H2. The van der Waals surface area contributed by atoms with Gasteiger partial charge in [0, 0.05) is 0 Å². The zero-order chi connectivity index (χ0) is 12.8. The molecule has 1 fully saturated rings. The largest absolute Gasteiger partial charge is 0.508 e. The van der Waals surface area contributed by atoms with Gasteiger partial charge in [0.1, 0.15) is 5.75 Å². The van der Waals surface area contributed by atoms with Crippen molar-refractivity contribution in [3.63, 3.8) is 0 Å². The molecule has 2 heteroatoms. The number of hydrogen-bond donors (Lipinski definition) is 1. The Morgan fingerprint density at radius 1 is 1.22 bits per heavy atom. The second-order valence-electron chi connectivity index (χ2n) is 5.13. The van der Waals surface area contributed by atoms with Crippen LogP contribution >= 0.6 is 0 Å². The van der Waals surface area contributed by atoms with E-state index in [0.717, 1.165) is 32.0 Å². The second-order valence-corrected chi connectivity index (χ2v) is 5.13. The highest BCUT2D eigenvalue weighted by molar-refractivity contribution is 5.25. The van der Waals surface area contributed by atoms with E-state index in [1.165, 1.54) is 24.8 Å². The Balaban J connectivity index is 1.72. The SMILES string of the molecule is C#CCN1CCC(CCc2ccc(O)cc2)CC1. The van der Waals surface area contributed by atoms with Gasteiger partial charge in [-0.3, -0.25) is 4.90 Å². The molecule has 96 valence electrons. The van der Waals surface area contributed by atoms with Gasteiger partial charge in [-0.15, -0.1) is 6.42 Å². The van der Waals surface area contributed by atoms with Gasteiger partial charge in [0.15, 0.2) is 0 Å². The lowest BCUT2D eigenvalue weighted by Gasteiger charge is -2.30. The average molecular weight is 243 g/mol. The molecule has 1 aromatic carbocycles. The lowest BCUT2D eigenvalue weighted by Crippen LogP contribution is -2.34. The minimum absolute atomic E-state index is 0.348. The van der Waals surface area contributed by atoms with E-state index in [0.29, 0.717) is 5.75 Å². The minimum Gasteiger partial charge on any atom is -0.508 e. The van der Waals surface area contributed by atoms with Crippen LogP contribution in [0.1, 0.15) is 24.8 Å². The molecule has 0 bridgehead atoms. The predicted molar refractivity (Wildman–Crippen MR) is 74.4 cm³/mol. The summed E-state index contributed by atoms with van der Waals surface area (Å²) in [5, 5.41) is 9.23. The maximum absolute atomic E-state index is 9.23. The van der Waals surface area contributed by atoms with E-state index in [4.69, 9.17) is 6.42 Å². The van der Waals surface area contributed by atoms with Crippen molar-refractivity contribution >= 4 is 0 Å². The molecular formula is C16H21NO. The van der Waals surface area contributed by atoms with E-state index >= 15 is 0 Å². The highest BCUT2D eigenvalue weighted by Crippen LogP contribution is 2.22. The van der Waals surface area contributed by atoms with Crippen LogP contribution in [0.3, 0.4) is 0 Å². The topological polar surface area (TPSA) is 23.5 Å². The van der Waals surface area contributed by atoms with Crippen LogP contribution in [-0.4, -0.2) is 29.6 Å². The summed E-state index contributed by atoms with van der Waals surface area (Å²) < 4.78 is 0. The molecule has 0 amide bonds. The highest BCUT2D eigenvalue weighted by Gasteiger charge is 2.18. The van der Waals surface area contributed by atoms with Crippen LogP contribution in [0.25, 0.3) is 0 Å². The van der Waals surface area contributed by atoms with Crippen LogP contribution in [0, 0.1) is 18.3 Å². The Labute approximate surface area is 110 Å². The molecule has 0 atom stereocenters. The van der Waals surface area contributed by atoms with Crippen molar-refractivity contribution in [3.8, 4) is 18.1 Å². The number of piperidine rings is 1. The molecular weight excluding hydrogens is 222 g/mol. The number of aromatic hydroxyl groups is 1. The first kappa shape index (κ1) is 13.0. The summed E-state index contributed by atoms with van der Waals surface area (Å²) in [7, 11) is 0. The number of rotatable bonds is 4. The maximum atomic E-state index is 9.23. The lowest BCUT2D eigenvalue weighted by molar-refractivity contribution is 0.197.